The first-order valence-corrected chi connectivity index (χ1v) is 11.0. The summed E-state index contributed by atoms with van der Waals surface area (Å²) < 4.78 is 6.66. The van der Waals surface area contributed by atoms with Crippen LogP contribution in [0.4, 0.5) is 4.79 Å². The van der Waals surface area contributed by atoms with Gasteiger partial charge in [-0.2, -0.15) is 0 Å². The van der Waals surface area contributed by atoms with Gasteiger partial charge in [0, 0.05) is 31.7 Å². The molecule has 1 N–H and O–H groups in total. The van der Waals surface area contributed by atoms with E-state index in [1.54, 1.807) is 0 Å². The lowest BCUT2D eigenvalue weighted by molar-refractivity contribution is 0.0752. The van der Waals surface area contributed by atoms with Crippen molar-refractivity contribution in [1.29, 1.82) is 0 Å². The number of nitrogens with zero attached hydrogens (tertiary/aromatic N) is 2. The van der Waals surface area contributed by atoms with E-state index in [2.05, 4.69) is 62.6 Å². The summed E-state index contributed by atoms with van der Waals surface area (Å²) in [5, 5.41) is 3.37. The van der Waals surface area contributed by atoms with Crippen LogP contribution < -0.4 is 5.32 Å². The number of pyridine rings is 1. The normalized spacial score (nSPS) is 18.0. The zero-order valence-corrected chi connectivity index (χ0v) is 18.0. The molecule has 5 rings (SSSR count). The molecule has 5 nitrogen and oxygen atoms in total. The average molecular weight is 464 g/mol. The van der Waals surface area contributed by atoms with Gasteiger partial charge in [-0.05, 0) is 49.8 Å². The molecule has 3 aromatic rings. The molecule has 1 atom stereocenters. The van der Waals surface area contributed by atoms with Crippen LogP contribution in [0, 0.1) is 0 Å². The number of aromatic nitrogens is 1. The maximum Gasteiger partial charge on any atom is 0.410 e. The lowest BCUT2D eigenvalue weighted by Gasteiger charge is -2.35. The minimum Gasteiger partial charge on any atom is -0.448 e. The molecule has 30 heavy (non-hydrogen) atoms. The Bertz CT molecular complexity index is 1020. The van der Waals surface area contributed by atoms with Gasteiger partial charge in [0.05, 0.1) is 6.04 Å². The second kappa shape index (κ2) is 8.20. The van der Waals surface area contributed by atoms with Gasteiger partial charge in [0.15, 0.2) is 0 Å². The third-order valence-corrected chi connectivity index (χ3v) is 6.42. The molecular weight excluding hydrogens is 442 g/mol. The molecule has 1 saturated heterocycles. The van der Waals surface area contributed by atoms with Crippen LogP contribution in [0.5, 0.6) is 0 Å². The summed E-state index contributed by atoms with van der Waals surface area (Å²) in [5.41, 5.74) is 5.91. The number of nitrogens with one attached hydrogen (secondary N) is 1. The molecular formula is C24H22BrN3O2. The summed E-state index contributed by atoms with van der Waals surface area (Å²) in [6.07, 6.45) is 1.54. The number of piperazine rings is 1. The smallest absolute Gasteiger partial charge is 0.410 e. The fourth-order valence-corrected chi connectivity index (χ4v) is 4.72. The van der Waals surface area contributed by atoms with Crippen molar-refractivity contribution in [3.05, 3.63) is 88.2 Å². The molecule has 152 valence electrons. The zero-order valence-electron chi connectivity index (χ0n) is 16.4. The number of hydrogen-bond donors (Lipinski definition) is 1. The number of carbonyl (C=O) groups is 1. The topological polar surface area (TPSA) is 54.5 Å². The van der Waals surface area contributed by atoms with Crippen molar-refractivity contribution in [2.24, 2.45) is 0 Å². The van der Waals surface area contributed by atoms with E-state index < -0.39 is 0 Å². The van der Waals surface area contributed by atoms with Gasteiger partial charge in [0.1, 0.15) is 11.2 Å². The van der Waals surface area contributed by atoms with Gasteiger partial charge in [-0.25, -0.2) is 9.78 Å². The third-order valence-electron chi connectivity index (χ3n) is 5.95. The molecule has 1 aliphatic heterocycles. The SMILES string of the molecule is O=C(OCC1c2ccccc2-c2ccccc21)N1CCNCC1c1ccc(Br)nc1. The van der Waals surface area contributed by atoms with Crippen LogP contribution in [0.1, 0.15) is 28.7 Å². The van der Waals surface area contributed by atoms with Crippen LogP contribution >= 0.6 is 15.9 Å². The summed E-state index contributed by atoms with van der Waals surface area (Å²) in [4.78, 5) is 19.2. The molecule has 0 radical (unpaired) electrons. The molecule has 1 fully saturated rings. The van der Waals surface area contributed by atoms with E-state index in [1.165, 1.54) is 22.3 Å². The van der Waals surface area contributed by atoms with Gasteiger partial charge in [-0.3, -0.25) is 4.90 Å². The maximum absolute atomic E-state index is 13.1. The number of hydrogen-bond acceptors (Lipinski definition) is 4. The van der Waals surface area contributed by atoms with Gasteiger partial charge in [-0.1, -0.05) is 54.6 Å². The van der Waals surface area contributed by atoms with Gasteiger partial charge < -0.3 is 10.1 Å². The summed E-state index contributed by atoms with van der Waals surface area (Å²) in [6, 6.07) is 20.6. The lowest BCUT2D eigenvalue weighted by Crippen LogP contribution is -2.49. The summed E-state index contributed by atoms with van der Waals surface area (Å²) in [6.45, 7) is 2.39. The van der Waals surface area contributed by atoms with Crippen LogP contribution in [0.15, 0.2) is 71.5 Å². The van der Waals surface area contributed by atoms with Crippen molar-refractivity contribution in [2.75, 3.05) is 26.2 Å². The van der Waals surface area contributed by atoms with E-state index in [0.29, 0.717) is 19.7 Å². The Labute approximate surface area is 184 Å². The van der Waals surface area contributed by atoms with E-state index in [-0.39, 0.29) is 18.1 Å². The number of rotatable bonds is 3. The zero-order chi connectivity index (χ0) is 20.5. The first kappa shape index (κ1) is 19.3. The minimum absolute atomic E-state index is 0.0667. The Morgan fingerprint density at radius 3 is 2.43 bits per heavy atom. The van der Waals surface area contributed by atoms with E-state index in [0.717, 1.165) is 16.7 Å². The predicted molar refractivity (Wildman–Crippen MR) is 119 cm³/mol. The second-order valence-corrected chi connectivity index (χ2v) is 8.44. The number of fused-ring (bicyclic) bond motifs is 3. The highest BCUT2D eigenvalue weighted by molar-refractivity contribution is 9.10. The third kappa shape index (κ3) is 3.50. The quantitative estimate of drug-likeness (QED) is 0.569. The van der Waals surface area contributed by atoms with Crippen LogP contribution in [0.2, 0.25) is 0 Å². The van der Waals surface area contributed by atoms with Crippen molar-refractivity contribution in [3.8, 4) is 11.1 Å². The standard InChI is InChI=1S/C24H22BrN3O2/c25-23-10-9-16(13-27-23)22-14-26-11-12-28(22)24(29)30-15-21-19-7-3-1-5-17(19)18-6-2-4-8-20(18)21/h1-10,13,21-22,26H,11-12,14-15H2. The molecule has 2 aliphatic rings. The molecule has 0 saturated carbocycles. The highest BCUT2D eigenvalue weighted by atomic mass is 79.9. The van der Waals surface area contributed by atoms with Crippen LogP contribution in [0.3, 0.4) is 0 Å². The fourth-order valence-electron chi connectivity index (χ4n) is 4.48. The van der Waals surface area contributed by atoms with Gasteiger partial charge in [-0.15, -0.1) is 0 Å². The Balaban J connectivity index is 1.35. The summed E-state index contributed by atoms with van der Waals surface area (Å²) in [5.74, 6) is 0.0667. The Morgan fingerprint density at radius 1 is 1.07 bits per heavy atom. The van der Waals surface area contributed by atoms with E-state index in [1.807, 2.05) is 35.4 Å². The minimum atomic E-state index is -0.272. The van der Waals surface area contributed by atoms with E-state index in [4.69, 9.17) is 4.74 Å². The van der Waals surface area contributed by atoms with Crippen molar-refractivity contribution in [3.63, 3.8) is 0 Å². The molecule has 2 heterocycles. The molecule has 1 aliphatic carbocycles. The molecule has 2 aromatic carbocycles. The first-order chi connectivity index (χ1) is 14.7. The first-order valence-electron chi connectivity index (χ1n) is 10.2. The van der Waals surface area contributed by atoms with Gasteiger partial charge >= 0.3 is 6.09 Å². The van der Waals surface area contributed by atoms with Gasteiger partial charge in [0.2, 0.25) is 0 Å². The number of amides is 1. The predicted octanol–water partition coefficient (Wildman–Crippen LogP) is 4.74. The van der Waals surface area contributed by atoms with Gasteiger partial charge in [0.25, 0.3) is 0 Å². The number of halogens is 1. The van der Waals surface area contributed by atoms with Crippen LogP contribution in [-0.2, 0) is 4.74 Å². The monoisotopic (exact) mass is 463 g/mol. The van der Waals surface area contributed by atoms with E-state index >= 15 is 0 Å². The Kier molecular flexibility index (Phi) is 5.27. The second-order valence-electron chi connectivity index (χ2n) is 7.63. The van der Waals surface area contributed by atoms with Crippen molar-refractivity contribution in [2.45, 2.75) is 12.0 Å². The van der Waals surface area contributed by atoms with Crippen LogP contribution in [-0.4, -0.2) is 42.2 Å². The number of carbonyl (C=O) groups excluding carboxylic acids is 1. The van der Waals surface area contributed by atoms with Crippen LogP contribution in [0.25, 0.3) is 11.1 Å². The number of ether oxygens (including phenoxy) is 1. The summed E-state index contributed by atoms with van der Waals surface area (Å²) in [7, 11) is 0. The molecule has 1 aromatic heterocycles. The lowest BCUT2D eigenvalue weighted by atomic mass is 9.98. The Morgan fingerprint density at radius 2 is 1.77 bits per heavy atom. The van der Waals surface area contributed by atoms with Crippen molar-refractivity contribution in [1.82, 2.24) is 15.2 Å². The molecule has 1 amide bonds. The highest BCUT2D eigenvalue weighted by Crippen LogP contribution is 2.44. The Hall–Kier alpha value is -2.70. The maximum atomic E-state index is 13.1. The average Bonchev–Trinajstić information content (AvgIpc) is 3.12. The van der Waals surface area contributed by atoms with Crippen molar-refractivity contribution < 1.29 is 9.53 Å². The van der Waals surface area contributed by atoms with Crippen molar-refractivity contribution >= 4 is 22.0 Å². The fraction of sp³-hybridized carbons (Fsp3) is 0.250. The summed E-state index contributed by atoms with van der Waals surface area (Å²) >= 11 is 3.37. The highest BCUT2D eigenvalue weighted by Gasteiger charge is 2.32. The molecule has 0 spiro atoms. The molecule has 0 bridgehead atoms. The van der Waals surface area contributed by atoms with E-state index in [9.17, 15) is 4.79 Å². The number of benzene rings is 2. The largest absolute Gasteiger partial charge is 0.448 e. The molecule has 1 unspecified atom stereocenters. The molecule has 6 heteroatoms.